The second-order valence-corrected chi connectivity index (χ2v) is 8.59. The highest BCUT2D eigenvalue weighted by atomic mass is 35.5. The summed E-state index contributed by atoms with van der Waals surface area (Å²) in [7, 11) is -1.76. The van der Waals surface area contributed by atoms with Crippen LogP contribution in [0.15, 0.2) is 53.4 Å². The van der Waals surface area contributed by atoms with E-state index in [9.17, 15) is 13.2 Å². The van der Waals surface area contributed by atoms with E-state index in [1.54, 1.807) is 18.2 Å². The van der Waals surface area contributed by atoms with Gasteiger partial charge in [0.1, 0.15) is 12.4 Å². The molecule has 7 nitrogen and oxygen atoms in total. The molecular formula is C20H26ClN3O4S. The largest absolute Gasteiger partial charge is 0.491 e. The number of nitrogens with two attached hydrogens (primary N) is 1. The van der Waals surface area contributed by atoms with E-state index in [1.165, 1.54) is 12.1 Å². The Balaban J connectivity index is 1.61. The van der Waals surface area contributed by atoms with E-state index in [2.05, 4.69) is 5.32 Å². The fourth-order valence-electron chi connectivity index (χ4n) is 2.56. The number of nitrogens with one attached hydrogen (secondary N) is 1. The van der Waals surface area contributed by atoms with Crippen LogP contribution in [-0.4, -0.2) is 52.5 Å². The molecule has 0 saturated heterocycles. The lowest BCUT2D eigenvalue weighted by Crippen LogP contribution is -2.31. The second kappa shape index (κ2) is 11.2. The Hall–Kier alpha value is -2.13. The van der Waals surface area contributed by atoms with E-state index in [0.717, 1.165) is 5.56 Å². The van der Waals surface area contributed by atoms with Crippen LogP contribution in [0.2, 0.25) is 5.02 Å². The van der Waals surface area contributed by atoms with Crippen molar-refractivity contribution in [1.29, 1.82) is 0 Å². The van der Waals surface area contributed by atoms with Crippen LogP contribution in [0.3, 0.4) is 0 Å². The molecule has 0 radical (unpaired) electrons. The fraction of sp³-hybridized carbons (Fsp3) is 0.350. The normalized spacial score (nSPS) is 11.4. The Bertz CT molecular complexity index is 904. The standard InChI is InChI=1S/C20H26ClN3O4S/c1-24(14-15-28-19-5-3-2-4-18(19)21)13-11-20(25)23-12-10-16-6-8-17(9-7-16)29(22,26)27/h2-9H,10-15H2,1H3,(H,23,25)(H2,22,26,27). The molecule has 0 aliphatic heterocycles. The van der Waals surface area contributed by atoms with Crippen LogP contribution in [0.5, 0.6) is 5.75 Å². The van der Waals surface area contributed by atoms with Crippen molar-refractivity contribution in [2.75, 3.05) is 33.3 Å². The van der Waals surface area contributed by atoms with Crippen LogP contribution in [0.25, 0.3) is 0 Å². The van der Waals surface area contributed by atoms with Crippen LogP contribution < -0.4 is 15.2 Å². The van der Waals surface area contributed by atoms with Gasteiger partial charge in [-0.05, 0) is 43.3 Å². The van der Waals surface area contributed by atoms with Gasteiger partial charge in [-0.2, -0.15) is 0 Å². The van der Waals surface area contributed by atoms with Crippen molar-refractivity contribution >= 4 is 27.5 Å². The maximum absolute atomic E-state index is 12.0. The van der Waals surface area contributed by atoms with E-state index < -0.39 is 10.0 Å². The lowest BCUT2D eigenvalue weighted by molar-refractivity contribution is -0.121. The number of hydrogen-bond acceptors (Lipinski definition) is 5. The molecule has 0 saturated carbocycles. The number of para-hydroxylation sites is 1. The first-order valence-electron chi connectivity index (χ1n) is 9.20. The number of carbonyl (C=O) groups excluding carboxylic acids is 1. The minimum Gasteiger partial charge on any atom is -0.491 e. The number of halogens is 1. The summed E-state index contributed by atoms with van der Waals surface area (Å²) >= 11 is 6.04. The van der Waals surface area contributed by atoms with Gasteiger partial charge >= 0.3 is 0 Å². The number of nitrogens with zero attached hydrogens (tertiary/aromatic N) is 1. The number of benzene rings is 2. The van der Waals surface area contributed by atoms with Gasteiger partial charge in [0.15, 0.2) is 0 Å². The third-order valence-corrected chi connectivity index (χ3v) is 5.52. The summed E-state index contributed by atoms with van der Waals surface area (Å²) in [5.74, 6) is 0.613. The molecule has 1 amide bonds. The molecule has 158 valence electrons. The first-order chi connectivity index (χ1) is 13.8. The monoisotopic (exact) mass is 439 g/mol. The minimum absolute atomic E-state index is 0.0370. The molecule has 0 atom stereocenters. The number of sulfonamides is 1. The number of carbonyl (C=O) groups is 1. The Morgan fingerprint density at radius 1 is 1.14 bits per heavy atom. The van der Waals surface area contributed by atoms with E-state index in [-0.39, 0.29) is 10.8 Å². The lowest BCUT2D eigenvalue weighted by atomic mass is 10.1. The van der Waals surface area contributed by atoms with Crippen molar-refractivity contribution in [3.63, 3.8) is 0 Å². The molecule has 0 fully saturated rings. The van der Waals surface area contributed by atoms with Crippen molar-refractivity contribution < 1.29 is 17.9 Å². The molecule has 2 aromatic carbocycles. The molecule has 0 spiro atoms. The van der Waals surface area contributed by atoms with Gasteiger partial charge in [0.05, 0.1) is 9.92 Å². The topological polar surface area (TPSA) is 102 Å². The number of ether oxygens (including phenoxy) is 1. The van der Waals surface area contributed by atoms with Crippen LogP contribution >= 0.6 is 11.6 Å². The molecule has 9 heteroatoms. The average Bonchev–Trinajstić information content (AvgIpc) is 2.67. The van der Waals surface area contributed by atoms with E-state index >= 15 is 0 Å². The summed E-state index contributed by atoms with van der Waals surface area (Å²) in [5.41, 5.74) is 0.923. The van der Waals surface area contributed by atoms with Gasteiger partial charge in [0.2, 0.25) is 15.9 Å². The maximum atomic E-state index is 12.0. The average molecular weight is 440 g/mol. The van der Waals surface area contributed by atoms with Crippen LogP contribution in [0.1, 0.15) is 12.0 Å². The molecule has 0 bridgehead atoms. The number of likely N-dealkylation sites (N-methyl/N-ethyl adjacent to an activating group) is 1. The number of amides is 1. The van der Waals surface area contributed by atoms with Gasteiger partial charge in [-0.15, -0.1) is 0 Å². The Morgan fingerprint density at radius 3 is 2.48 bits per heavy atom. The number of rotatable bonds is 11. The predicted octanol–water partition coefficient (Wildman–Crippen LogP) is 2.05. The summed E-state index contributed by atoms with van der Waals surface area (Å²) in [5, 5.41) is 8.51. The third-order valence-electron chi connectivity index (χ3n) is 4.28. The maximum Gasteiger partial charge on any atom is 0.238 e. The predicted molar refractivity (Wildman–Crippen MR) is 114 cm³/mol. The molecule has 0 aliphatic carbocycles. The van der Waals surface area contributed by atoms with Crippen molar-refractivity contribution in [2.45, 2.75) is 17.7 Å². The van der Waals surface area contributed by atoms with Crippen molar-refractivity contribution in [3.05, 3.63) is 59.1 Å². The summed E-state index contributed by atoms with van der Waals surface area (Å²) < 4.78 is 28.1. The van der Waals surface area contributed by atoms with E-state index in [0.29, 0.717) is 49.9 Å². The Morgan fingerprint density at radius 2 is 1.83 bits per heavy atom. The molecule has 0 heterocycles. The zero-order chi connectivity index (χ0) is 21.3. The molecule has 2 aromatic rings. The molecule has 0 aromatic heterocycles. The highest BCUT2D eigenvalue weighted by Gasteiger charge is 2.08. The SMILES string of the molecule is CN(CCOc1ccccc1Cl)CCC(=O)NCCc1ccc(S(N)(=O)=O)cc1. The minimum atomic E-state index is -3.68. The van der Waals surface area contributed by atoms with Crippen LogP contribution in [0.4, 0.5) is 0 Å². The first-order valence-corrected chi connectivity index (χ1v) is 11.1. The van der Waals surface area contributed by atoms with E-state index in [4.69, 9.17) is 21.5 Å². The van der Waals surface area contributed by atoms with E-state index in [1.807, 2.05) is 30.1 Å². The van der Waals surface area contributed by atoms with Gasteiger partial charge in [0.25, 0.3) is 0 Å². The fourth-order valence-corrected chi connectivity index (χ4v) is 3.26. The van der Waals surface area contributed by atoms with Gasteiger partial charge in [0, 0.05) is 26.1 Å². The smallest absolute Gasteiger partial charge is 0.238 e. The summed E-state index contributed by atoms with van der Waals surface area (Å²) in [6.45, 7) is 2.25. The van der Waals surface area contributed by atoms with Crippen molar-refractivity contribution in [2.24, 2.45) is 5.14 Å². The van der Waals surface area contributed by atoms with Gasteiger partial charge in [-0.3, -0.25) is 4.79 Å². The summed E-state index contributed by atoms with van der Waals surface area (Å²) in [6, 6.07) is 13.6. The van der Waals surface area contributed by atoms with Crippen LogP contribution in [0, 0.1) is 0 Å². The molecule has 2 rings (SSSR count). The first kappa shape index (κ1) is 23.2. The quantitative estimate of drug-likeness (QED) is 0.558. The number of primary sulfonamides is 1. The summed E-state index contributed by atoms with van der Waals surface area (Å²) in [4.78, 5) is 14.1. The Labute approximate surface area is 176 Å². The van der Waals surface area contributed by atoms with Gasteiger partial charge in [-0.1, -0.05) is 35.9 Å². The van der Waals surface area contributed by atoms with Crippen molar-refractivity contribution in [1.82, 2.24) is 10.2 Å². The van der Waals surface area contributed by atoms with Gasteiger partial charge < -0.3 is 15.0 Å². The summed E-state index contributed by atoms with van der Waals surface area (Å²) in [6.07, 6.45) is 0.991. The third kappa shape index (κ3) is 8.41. The zero-order valence-electron chi connectivity index (χ0n) is 16.3. The zero-order valence-corrected chi connectivity index (χ0v) is 17.9. The molecule has 0 unspecified atom stereocenters. The van der Waals surface area contributed by atoms with Crippen LogP contribution in [-0.2, 0) is 21.2 Å². The lowest BCUT2D eigenvalue weighted by Gasteiger charge is -2.17. The molecule has 29 heavy (non-hydrogen) atoms. The second-order valence-electron chi connectivity index (χ2n) is 6.62. The molecule has 3 N–H and O–H groups in total. The Kier molecular flexibility index (Phi) is 8.91. The highest BCUT2D eigenvalue weighted by Crippen LogP contribution is 2.22. The molecule has 0 aliphatic rings. The highest BCUT2D eigenvalue weighted by molar-refractivity contribution is 7.89. The molecular weight excluding hydrogens is 414 g/mol. The van der Waals surface area contributed by atoms with Crippen molar-refractivity contribution in [3.8, 4) is 5.75 Å². The number of hydrogen-bond donors (Lipinski definition) is 2. The van der Waals surface area contributed by atoms with Gasteiger partial charge in [-0.25, -0.2) is 13.6 Å².